The number of aliphatic hydroxyl groups is 1. The van der Waals surface area contributed by atoms with Crippen molar-refractivity contribution in [3.05, 3.63) is 23.2 Å². The van der Waals surface area contributed by atoms with Crippen LogP contribution in [0.25, 0.3) is 0 Å². The summed E-state index contributed by atoms with van der Waals surface area (Å²) in [5.41, 5.74) is 0.835. The van der Waals surface area contributed by atoms with Crippen molar-refractivity contribution in [1.82, 2.24) is 0 Å². The third kappa shape index (κ3) is 4.07. The highest BCUT2D eigenvalue weighted by molar-refractivity contribution is 6.32. The van der Waals surface area contributed by atoms with Gasteiger partial charge in [-0.2, -0.15) is 0 Å². The molecule has 2 N–H and O–H groups in total. The second kappa shape index (κ2) is 6.86. The number of anilines is 1. The summed E-state index contributed by atoms with van der Waals surface area (Å²) < 4.78 is 5.38. The third-order valence-corrected chi connectivity index (χ3v) is 3.48. The van der Waals surface area contributed by atoms with E-state index in [-0.39, 0.29) is 12.0 Å². The molecular formula is C14H22ClNO2. The van der Waals surface area contributed by atoms with Gasteiger partial charge in [-0.25, -0.2) is 0 Å². The Hall–Kier alpha value is -0.930. The molecule has 0 spiro atoms. The van der Waals surface area contributed by atoms with E-state index in [0.29, 0.717) is 23.9 Å². The zero-order chi connectivity index (χ0) is 13.6. The monoisotopic (exact) mass is 271 g/mol. The summed E-state index contributed by atoms with van der Waals surface area (Å²) in [6, 6.07) is 5.64. The summed E-state index contributed by atoms with van der Waals surface area (Å²) in [7, 11) is 0. The molecule has 0 aliphatic carbocycles. The maximum absolute atomic E-state index is 9.35. The molecule has 0 aliphatic rings. The van der Waals surface area contributed by atoms with E-state index in [1.807, 2.05) is 25.1 Å². The minimum absolute atomic E-state index is 0.106. The van der Waals surface area contributed by atoms with Crippen LogP contribution in [0.2, 0.25) is 5.02 Å². The summed E-state index contributed by atoms with van der Waals surface area (Å²) in [4.78, 5) is 0. The smallest absolute Gasteiger partial charge is 0.138 e. The Morgan fingerprint density at radius 2 is 2.11 bits per heavy atom. The van der Waals surface area contributed by atoms with Gasteiger partial charge < -0.3 is 15.2 Å². The third-order valence-electron chi connectivity index (χ3n) is 3.19. The van der Waals surface area contributed by atoms with Gasteiger partial charge in [-0.3, -0.25) is 0 Å². The predicted octanol–water partition coefficient (Wildman–Crippen LogP) is 3.56. The lowest BCUT2D eigenvalue weighted by molar-refractivity contribution is 0.149. The second-order valence-corrected chi connectivity index (χ2v) is 5.16. The minimum atomic E-state index is -0.106. The molecule has 1 aromatic carbocycles. The van der Waals surface area contributed by atoms with Crippen LogP contribution in [0.4, 0.5) is 5.69 Å². The lowest BCUT2D eigenvalue weighted by Gasteiger charge is -2.26. The van der Waals surface area contributed by atoms with Crippen molar-refractivity contribution < 1.29 is 9.84 Å². The molecule has 3 nitrogen and oxygen atoms in total. The molecule has 0 aromatic heterocycles. The van der Waals surface area contributed by atoms with Crippen molar-refractivity contribution in [2.45, 2.75) is 27.2 Å². The second-order valence-electron chi connectivity index (χ2n) is 4.75. The molecule has 0 bridgehead atoms. The van der Waals surface area contributed by atoms with E-state index < -0.39 is 0 Å². The molecule has 1 aromatic rings. The summed E-state index contributed by atoms with van der Waals surface area (Å²) in [6.45, 7) is 7.53. The molecule has 0 amide bonds. The molecule has 102 valence electrons. The molecule has 0 saturated heterocycles. The van der Waals surface area contributed by atoms with Gasteiger partial charge in [-0.15, -0.1) is 0 Å². The van der Waals surface area contributed by atoms with Gasteiger partial charge in [0.1, 0.15) is 5.75 Å². The lowest BCUT2D eigenvalue weighted by Crippen LogP contribution is -2.29. The highest BCUT2D eigenvalue weighted by Crippen LogP contribution is 2.28. The van der Waals surface area contributed by atoms with Gasteiger partial charge in [0, 0.05) is 17.6 Å². The van der Waals surface area contributed by atoms with Crippen molar-refractivity contribution >= 4 is 17.3 Å². The molecule has 0 heterocycles. The van der Waals surface area contributed by atoms with Crippen molar-refractivity contribution in [3.8, 4) is 5.75 Å². The van der Waals surface area contributed by atoms with E-state index in [1.54, 1.807) is 0 Å². The fourth-order valence-electron chi connectivity index (χ4n) is 1.49. The van der Waals surface area contributed by atoms with Crippen molar-refractivity contribution in [2.24, 2.45) is 5.41 Å². The van der Waals surface area contributed by atoms with Crippen LogP contribution in [-0.2, 0) is 0 Å². The fourth-order valence-corrected chi connectivity index (χ4v) is 1.73. The Labute approximate surface area is 114 Å². The summed E-state index contributed by atoms with van der Waals surface area (Å²) >= 11 is 6.11. The molecule has 0 saturated carbocycles. The molecule has 0 radical (unpaired) electrons. The van der Waals surface area contributed by atoms with E-state index in [2.05, 4.69) is 19.2 Å². The number of rotatable bonds is 7. The lowest BCUT2D eigenvalue weighted by atomic mass is 9.88. The first-order valence-corrected chi connectivity index (χ1v) is 6.69. The SMILES string of the molecule is CCOc1ccc(NCC(C)(CC)CO)cc1Cl. The van der Waals surface area contributed by atoms with Gasteiger partial charge in [0.2, 0.25) is 0 Å². The zero-order valence-electron chi connectivity index (χ0n) is 11.3. The number of halogens is 1. The highest BCUT2D eigenvalue weighted by Gasteiger charge is 2.20. The zero-order valence-corrected chi connectivity index (χ0v) is 12.0. The maximum Gasteiger partial charge on any atom is 0.138 e. The van der Waals surface area contributed by atoms with Crippen LogP contribution in [0.15, 0.2) is 18.2 Å². The van der Waals surface area contributed by atoms with Crippen LogP contribution in [0.3, 0.4) is 0 Å². The Morgan fingerprint density at radius 3 is 2.61 bits per heavy atom. The van der Waals surface area contributed by atoms with Crippen LogP contribution in [0.5, 0.6) is 5.75 Å². The fraction of sp³-hybridized carbons (Fsp3) is 0.571. The van der Waals surface area contributed by atoms with Crippen LogP contribution < -0.4 is 10.1 Å². The van der Waals surface area contributed by atoms with Gasteiger partial charge in [0.05, 0.1) is 18.2 Å². The number of hydrogen-bond donors (Lipinski definition) is 2. The van der Waals surface area contributed by atoms with Crippen molar-refractivity contribution in [2.75, 3.05) is 25.1 Å². The van der Waals surface area contributed by atoms with Crippen LogP contribution >= 0.6 is 11.6 Å². The van der Waals surface area contributed by atoms with Gasteiger partial charge in [-0.1, -0.05) is 25.4 Å². The van der Waals surface area contributed by atoms with E-state index >= 15 is 0 Å². The number of hydrogen-bond acceptors (Lipinski definition) is 3. The predicted molar refractivity (Wildman–Crippen MR) is 76.6 cm³/mol. The Morgan fingerprint density at radius 1 is 1.39 bits per heavy atom. The molecule has 1 rings (SSSR count). The minimum Gasteiger partial charge on any atom is -0.492 e. The van der Waals surface area contributed by atoms with Gasteiger partial charge in [0.25, 0.3) is 0 Å². The van der Waals surface area contributed by atoms with Crippen LogP contribution in [0, 0.1) is 5.41 Å². The molecule has 1 unspecified atom stereocenters. The molecule has 4 heteroatoms. The summed E-state index contributed by atoms with van der Waals surface area (Å²) in [5.74, 6) is 0.699. The number of benzene rings is 1. The average Bonchev–Trinajstić information content (AvgIpc) is 2.39. The molecule has 1 atom stereocenters. The van der Waals surface area contributed by atoms with Crippen LogP contribution in [-0.4, -0.2) is 24.9 Å². The first kappa shape index (κ1) is 15.1. The topological polar surface area (TPSA) is 41.5 Å². The standard InChI is InChI=1S/C14H22ClNO2/c1-4-14(3,10-17)9-16-11-6-7-13(18-5-2)12(15)8-11/h6-8,16-17H,4-5,9-10H2,1-3H3. The van der Waals surface area contributed by atoms with E-state index in [9.17, 15) is 5.11 Å². The molecule has 18 heavy (non-hydrogen) atoms. The highest BCUT2D eigenvalue weighted by atomic mass is 35.5. The van der Waals surface area contributed by atoms with Gasteiger partial charge >= 0.3 is 0 Å². The summed E-state index contributed by atoms with van der Waals surface area (Å²) in [6.07, 6.45) is 0.918. The van der Waals surface area contributed by atoms with E-state index in [0.717, 1.165) is 12.1 Å². The van der Waals surface area contributed by atoms with E-state index in [1.165, 1.54) is 0 Å². The number of nitrogens with one attached hydrogen (secondary N) is 1. The number of aliphatic hydroxyl groups excluding tert-OH is 1. The first-order chi connectivity index (χ1) is 8.54. The Bertz CT molecular complexity index is 378. The molecular weight excluding hydrogens is 250 g/mol. The molecule has 0 aliphatic heterocycles. The first-order valence-electron chi connectivity index (χ1n) is 6.31. The van der Waals surface area contributed by atoms with Crippen LogP contribution in [0.1, 0.15) is 27.2 Å². The maximum atomic E-state index is 9.35. The van der Waals surface area contributed by atoms with E-state index in [4.69, 9.17) is 16.3 Å². The normalized spacial score (nSPS) is 14.1. The molecule has 0 fully saturated rings. The summed E-state index contributed by atoms with van der Waals surface area (Å²) in [5, 5.41) is 13.2. The van der Waals surface area contributed by atoms with Gasteiger partial charge in [-0.05, 0) is 31.5 Å². The quantitative estimate of drug-likeness (QED) is 0.797. The largest absolute Gasteiger partial charge is 0.492 e. The average molecular weight is 272 g/mol. The van der Waals surface area contributed by atoms with Crippen molar-refractivity contribution in [3.63, 3.8) is 0 Å². The number of ether oxygens (including phenoxy) is 1. The van der Waals surface area contributed by atoms with Gasteiger partial charge in [0.15, 0.2) is 0 Å². The Kier molecular flexibility index (Phi) is 5.76. The van der Waals surface area contributed by atoms with Crippen molar-refractivity contribution in [1.29, 1.82) is 0 Å². The Balaban J connectivity index is 2.66.